The summed E-state index contributed by atoms with van der Waals surface area (Å²) in [6.45, 7) is 3.01. The molecule has 3 rings (SSSR count). The van der Waals surface area contributed by atoms with Gasteiger partial charge in [-0.15, -0.1) is 0 Å². The van der Waals surface area contributed by atoms with E-state index in [1.807, 2.05) is 0 Å². The normalized spacial score (nSPS) is 14.8. The van der Waals surface area contributed by atoms with Crippen LogP contribution in [0.4, 0.5) is 19.0 Å². The first-order valence-electron chi connectivity index (χ1n) is 8.53. The van der Waals surface area contributed by atoms with E-state index in [9.17, 15) is 13.2 Å². The molecule has 6 heteroatoms. The number of anilines is 1. The lowest BCUT2D eigenvalue weighted by atomic mass is 10.1. The number of hydrogen-bond acceptors (Lipinski definition) is 2. The summed E-state index contributed by atoms with van der Waals surface area (Å²) in [5.41, 5.74) is 2.32. The van der Waals surface area contributed by atoms with Crippen molar-refractivity contribution in [1.29, 1.82) is 0 Å². The second-order valence-corrected chi connectivity index (χ2v) is 6.22. The molecule has 0 radical (unpaired) electrons. The van der Waals surface area contributed by atoms with Gasteiger partial charge in [-0.1, -0.05) is 13.3 Å². The maximum Gasteiger partial charge on any atom is 0.416 e. The lowest BCUT2D eigenvalue weighted by Gasteiger charge is -2.11. The first kappa shape index (κ1) is 16.9. The van der Waals surface area contributed by atoms with Crippen LogP contribution in [-0.2, 0) is 19.0 Å². The standard InChI is InChI=1S/C18H22F3N3/c1-2-3-7-16-15-6-4-5-12-22-17(15)24(23-16)14-10-8-13(9-11-14)18(19,20)21/h8-11,22H,2-7,12H2,1H3. The van der Waals surface area contributed by atoms with Crippen LogP contribution in [0.15, 0.2) is 24.3 Å². The Labute approximate surface area is 139 Å². The highest BCUT2D eigenvalue weighted by atomic mass is 19.4. The molecule has 1 N–H and O–H groups in total. The summed E-state index contributed by atoms with van der Waals surface area (Å²) in [5, 5.41) is 8.12. The third-order valence-electron chi connectivity index (χ3n) is 4.42. The van der Waals surface area contributed by atoms with Gasteiger partial charge in [-0.25, -0.2) is 4.68 Å². The number of alkyl halides is 3. The highest BCUT2D eigenvalue weighted by molar-refractivity contribution is 5.54. The predicted molar refractivity (Wildman–Crippen MR) is 88.6 cm³/mol. The van der Waals surface area contributed by atoms with Crippen LogP contribution in [0, 0.1) is 0 Å². The molecule has 0 spiro atoms. The van der Waals surface area contributed by atoms with Crippen LogP contribution in [0.3, 0.4) is 0 Å². The molecule has 1 aromatic heterocycles. The Balaban J connectivity index is 1.99. The van der Waals surface area contributed by atoms with E-state index >= 15 is 0 Å². The zero-order valence-corrected chi connectivity index (χ0v) is 13.8. The van der Waals surface area contributed by atoms with Gasteiger partial charge in [0.25, 0.3) is 0 Å². The fraction of sp³-hybridized carbons (Fsp3) is 0.500. The largest absolute Gasteiger partial charge is 0.416 e. The first-order chi connectivity index (χ1) is 11.5. The Morgan fingerprint density at radius 3 is 2.58 bits per heavy atom. The maximum absolute atomic E-state index is 12.8. The molecule has 0 atom stereocenters. The molecule has 24 heavy (non-hydrogen) atoms. The second-order valence-electron chi connectivity index (χ2n) is 6.22. The Hall–Kier alpha value is -1.98. The van der Waals surface area contributed by atoms with Crippen LogP contribution in [0.5, 0.6) is 0 Å². The van der Waals surface area contributed by atoms with Crippen molar-refractivity contribution in [3.63, 3.8) is 0 Å². The molecule has 1 aliphatic rings. The van der Waals surface area contributed by atoms with E-state index in [0.717, 1.165) is 68.7 Å². The van der Waals surface area contributed by atoms with Crippen LogP contribution >= 0.6 is 0 Å². The monoisotopic (exact) mass is 337 g/mol. The SMILES string of the molecule is CCCCc1nn(-c2ccc(C(F)(F)F)cc2)c2c1CCCCN2. The highest BCUT2D eigenvalue weighted by Gasteiger charge is 2.30. The quantitative estimate of drug-likeness (QED) is 0.852. The van der Waals surface area contributed by atoms with E-state index in [-0.39, 0.29) is 0 Å². The van der Waals surface area contributed by atoms with Gasteiger partial charge in [0.2, 0.25) is 0 Å². The average molecular weight is 337 g/mol. The van der Waals surface area contributed by atoms with Crippen molar-refractivity contribution < 1.29 is 13.2 Å². The number of unbranched alkanes of at least 4 members (excludes halogenated alkanes) is 1. The molecule has 0 fully saturated rings. The van der Waals surface area contributed by atoms with Crippen molar-refractivity contribution in [2.45, 2.75) is 51.6 Å². The van der Waals surface area contributed by atoms with Gasteiger partial charge in [0.05, 0.1) is 16.9 Å². The molecule has 1 aliphatic heterocycles. The Kier molecular flexibility index (Phi) is 4.83. The van der Waals surface area contributed by atoms with Crippen LogP contribution in [0.1, 0.15) is 49.4 Å². The van der Waals surface area contributed by atoms with Crippen LogP contribution in [-0.4, -0.2) is 16.3 Å². The van der Waals surface area contributed by atoms with E-state index in [4.69, 9.17) is 5.10 Å². The summed E-state index contributed by atoms with van der Waals surface area (Å²) in [6.07, 6.45) is 1.93. The lowest BCUT2D eigenvalue weighted by Crippen LogP contribution is -2.08. The van der Waals surface area contributed by atoms with E-state index in [1.54, 1.807) is 4.68 Å². The van der Waals surface area contributed by atoms with Gasteiger partial charge in [0, 0.05) is 12.1 Å². The number of nitrogens with zero attached hydrogens (tertiary/aromatic N) is 2. The van der Waals surface area contributed by atoms with Gasteiger partial charge >= 0.3 is 6.18 Å². The third kappa shape index (κ3) is 3.42. The minimum absolute atomic E-state index is 0.635. The van der Waals surface area contributed by atoms with Gasteiger partial charge < -0.3 is 5.32 Å². The highest BCUT2D eigenvalue weighted by Crippen LogP contribution is 2.32. The molecular weight excluding hydrogens is 315 g/mol. The Bertz CT molecular complexity index is 687. The lowest BCUT2D eigenvalue weighted by molar-refractivity contribution is -0.137. The van der Waals surface area contributed by atoms with Crippen molar-refractivity contribution in [2.24, 2.45) is 0 Å². The minimum Gasteiger partial charge on any atom is -0.370 e. The van der Waals surface area contributed by atoms with Gasteiger partial charge in [-0.2, -0.15) is 18.3 Å². The third-order valence-corrected chi connectivity index (χ3v) is 4.42. The van der Waals surface area contributed by atoms with Crippen LogP contribution < -0.4 is 5.32 Å². The zero-order chi connectivity index (χ0) is 17.2. The molecule has 0 saturated carbocycles. The number of halogens is 3. The molecule has 0 saturated heterocycles. The summed E-state index contributed by atoms with van der Waals surface area (Å²) < 4.78 is 40.0. The van der Waals surface area contributed by atoms with Gasteiger partial charge in [0.1, 0.15) is 5.82 Å². The molecule has 2 heterocycles. The average Bonchev–Trinajstić information content (AvgIpc) is 2.73. The topological polar surface area (TPSA) is 29.9 Å². The van der Waals surface area contributed by atoms with E-state index in [1.165, 1.54) is 17.7 Å². The fourth-order valence-corrected chi connectivity index (χ4v) is 3.10. The van der Waals surface area contributed by atoms with Crippen molar-refractivity contribution in [1.82, 2.24) is 9.78 Å². The van der Waals surface area contributed by atoms with Crippen LogP contribution in [0.25, 0.3) is 5.69 Å². The Morgan fingerprint density at radius 1 is 1.17 bits per heavy atom. The van der Waals surface area contributed by atoms with Gasteiger partial charge in [-0.05, 0) is 56.4 Å². The molecule has 0 aliphatic carbocycles. The number of aryl methyl sites for hydroxylation is 1. The predicted octanol–water partition coefficient (Wildman–Crippen LogP) is 4.98. The van der Waals surface area contributed by atoms with Gasteiger partial charge in [-0.3, -0.25) is 0 Å². The number of hydrogen-bond donors (Lipinski definition) is 1. The zero-order valence-electron chi connectivity index (χ0n) is 13.8. The molecule has 0 unspecified atom stereocenters. The summed E-state index contributed by atoms with van der Waals surface area (Å²) in [4.78, 5) is 0. The summed E-state index contributed by atoms with van der Waals surface area (Å²) in [7, 11) is 0. The Morgan fingerprint density at radius 2 is 1.92 bits per heavy atom. The molecule has 2 aromatic rings. The first-order valence-corrected chi connectivity index (χ1v) is 8.53. The number of rotatable bonds is 4. The number of fused-ring (bicyclic) bond motifs is 1. The summed E-state index contributed by atoms with van der Waals surface area (Å²) >= 11 is 0. The molecule has 0 bridgehead atoms. The van der Waals surface area contributed by atoms with Crippen LogP contribution in [0.2, 0.25) is 0 Å². The van der Waals surface area contributed by atoms with Gasteiger partial charge in [0.15, 0.2) is 0 Å². The number of aromatic nitrogens is 2. The second kappa shape index (κ2) is 6.87. The number of nitrogens with one attached hydrogen (secondary N) is 1. The van der Waals surface area contributed by atoms with E-state index in [0.29, 0.717) is 5.69 Å². The molecule has 1 aromatic carbocycles. The molecular formula is C18H22F3N3. The molecule has 0 amide bonds. The molecule has 3 nitrogen and oxygen atoms in total. The van der Waals surface area contributed by atoms with Crippen molar-refractivity contribution in [3.8, 4) is 5.69 Å². The van der Waals surface area contributed by atoms with E-state index in [2.05, 4.69) is 12.2 Å². The summed E-state index contributed by atoms with van der Waals surface area (Å²) in [6, 6.07) is 5.22. The fourth-order valence-electron chi connectivity index (χ4n) is 3.10. The van der Waals surface area contributed by atoms with E-state index < -0.39 is 11.7 Å². The minimum atomic E-state index is -4.32. The molecule has 130 valence electrons. The number of benzene rings is 1. The van der Waals surface area contributed by atoms with Crippen molar-refractivity contribution >= 4 is 5.82 Å². The van der Waals surface area contributed by atoms with Crippen molar-refractivity contribution in [2.75, 3.05) is 11.9 Å². The maximum atomic E-state index is 12.8. The smallest absolute Gasteiger partial charge is 0.370 e. The van der Waals surface area contributed by atoms with Crippen molar-refractivity contribution in [3.05, 3.63) is 41.1 Å². The summed E-state index contributed by atoms with van der Waals surface area (Å²) in [5.74, 6) is 0.943.